The van der Waals surface area contributed by atoms with E-state index in [0.717, 1.165) is 0 Å². The molecular weight excluding hydrogens is 258 g/mol. The van der Waals surface area contributed by atoms with Crippen molar-refractivity contribution in [1.82, 2.24) is 5.32 Å². The van der Waals surface area contributed by atoms with Gasteiger partial charge in [0.2, 0.25) is 5.91 Å². The molecule has 0 radical (unpaired) electrons. The van der Waals surface area contributed by atoms with E-state index in [2.05, 4.69) is 42.0 Å². The second kappa shape index (κ2) is 5.30. The van der Waals surface area contributed by atoms with Crippen LogP contribution in [0.1, 0.15) is 41.0 Å². The van der Waals surface area contributed by atoms with Gasteiger partial charge >= 0.3 is 0 Å². The number of aliphatic hydroxyl groups is 1. The number of aliphatic hydroxyl groups excluding tert-OH is 1. The number of carbonyl (C=O) groups is 1. The fraction of sp³-hybridized carbons (Fsp3) is 0.909. The van der Waals surface area contributed by atoms with E-state index in [4.69, 9.17) is 0 Å². The van der Waals surface area contributed by atoms with Crippen molar-refractivity contribution >= 4 is 21.8 Å². The predicted molar refractivity (Wildman–Crippen MR) is 66.1 cm³/mol. The van der Waals surface area contributed by atoms with Crippen LogP contribution in [0.2, 0.25) is 0 Å². The summed E-state index contributed by atoms with van der Waals surface area (Å²) in [4.78, 5) is 11.5. The maximum Gasteiger partial charge on any atom is 0.236 e. The topological polar surface area (TPSA) is 49.3 Å². The number of rotatable bonds is 4. The van der Waals surface area contributed by atoms with E-state index in [9.17, 15) is 9.90 Å². The predicted octanol–water partition coefficient (Wildman–Crippen LogP) is 2.07. The molecule has 1 unspecified atom stereocenters. The summed E-state index contributed by atoms with van der Waals surface area (Å²) in [7, 11) is 0. The molecule has 90 valence electrons. The molecule has 0 aliphatic rings. The standard InChI is InChI=1S/C11H22BrNO2/c1-10(2,3)6-8(14)7-13-9(15)11(4,5)12/h8,14H,6-7H2,1-5H3,(H,13,15). The van der Waals surface area contributed by atoms with E-state index >= 15 is 0 Å². The quantitative estimate of drug-likeness (QED) is 0.775. The Balaban J connectivity index is 3.92. The normalized spacial score (nSPS) is 14.9. The van der Waals surface area contributed by atoms with Crippen LogP contribution in [-0.2, 0) is 4.79 Å². The molecule has 0 aromatic heterocycles. The summed E-state index contributed by atoms with van der Waals surface area (Å²) in [5.41, 5.74) is 0.0774. The minimum absolute atomic E-state index is 0.0774. The van der Waals surface area contributed by atoms with Crippen molar-refractivity contribution in [1.29, 1.82) is 0 Å². The summed E-state index contributed by atoms with van der Waals surface area (Å²) in [5, 5.41) is 12.4. The SMILES string of the molecule is CC(C)(C)CC(O)CNC(=O)C(C)(C)Br. The van der Waals surface area contributed by atoms with Crippen LogP contribution in [0.15, 0.2) is 0 Å². The fourth-order valence-electron chi connectivity index (χ4n) is 1.20. The number of carbonyl (C=O) groups excluding carboxylic acids is 1. The van der Waals surface area contributed by atoms with Crippen LogP contribution >= 0.6 is 15.9 Å². The van der Waals surface area contributed by atoms with Gasteiger partial charge in [-0.2, -0.15) is 0 Å². The van der Waals surface area contributed by atoms with Gasteiger partial charge in [-0.3, -0.25) is 4.79 Å². The molecular formula is C11H22BrNO2. The lowest BCUT2D eigenvalue weighted by Crippen LogP contribution is -2.42. The molecule has 15 heavy (non-hydrogen) atoms. The summed E-state index contributed by atoms with van der Waals surface area (Å²) in [6.07, 6.45) is 0.194. The van der Waals surface area contributed by atoms with Gasteiger partial charge in [0.25, 0.3) is 0 Å². The van der Waals surface area contributed by atoms with Gasteiger partial charge in [-0.15, -0.1) is 0 Å². The summed E-state index contributed by atoms with van der Waals surface area (Å²) in [6.45, 7) is 10.0. The Morgan fingerprint density at radius 1 is 1.33 bits per heavy atom. The van der Waals surface area contributed by atoms with Crippen molar-refractivity contribution in [2.24, 2.45) is 5.41 Å². The van der Waals surface area contributed by atoms with Gasteiger partial charge in [0.05, 0.1) is 10.4 Å². The molecule has 2 N–H and O–H groups in total. The van der Waals surface area contributed by atoms with Gasteiger partial charge in [-0.25, -0.2) is 0 Å². The third-order valence-electron chi connectivity index (χ3n) is 1.89. The van der Waals surface area contributed by atoms with Crippen LogP contribution in [-0.4, -0.2) is 28.0 Å². The van der Waals surface area contributed by atoms with E-state index in [1.807, 2.05) is 0 Å². The van der Waals surface area contributed by atoms with Crippen molar-refractivity contribution in [2.45, 2.75) is 51.5 Å². The largest absolute Gasteiger partial charge is 0.391 e. The van der Waals surface area contributed by atoms with Crippen molar-refractivity contribution < 1.29 is 9.90 Å². The van der Waals surface area contributed by atoms with Crippen molar-refractivity contribution in [3.05, 3.63) is 0 Å². The molecule has 4 heteroatoms. The molecule has 0 aromatic carbocycles. The second-order valence-corrected chi connectivity index (χ2v) is 7.58. The number of hydrogen-bond donors (Lipinski definition) is 2. The molecule has 0 aromatic rings. The molecule has 0 saturated heterocycles. The smallest absolute Gasteiger partial charge is 0.236 e. The third kappa shape index (κ3) is 7.79. The van der Waals surface area contributed by atoms with Crippen LogP contribution in [0.3, 0.4) is 0 Å². The van der Waals surface area contributed by atoms with Crippen LogP contribution in [0.5, 0.6) is 0 Å². The van der Waals surface area contributed by atoms with E-state index in [1.54, 1.807) is 13.8 Å². The van der Waals surface area contributed by atoms with Crippen molar-refractivity contribution in [2.75, 3.05) is 6.54 Å². The number of amides is 1. The number of nitrogens with one attached hydrogen (secondary N) is 1. The summed E-state index contributed by atoms with van der Waals surface area (Å²) < 4.78 is -0.575. The highest BCUT2D eigenvalue weighted by atomic mass is 79.9. The molecule has 3 nitrogen and oxygen atoms in total. The summed E-state index contributed by atoms with van der Waals surface area (Å²) >= 11 is 3.26. The van der Waals surface area contributed by atoms with Gasteiger partial charge in [-0.1, -0.05) is 36.7 Å². The molecule has 0 aliphatic heterocycles. The molecule has 0 fully saturated rings. The third-order valence-corrected chi connectivity index (χ3v) is 2.25. The van der Waals surface area contributed by atoms with Gasteiger partial charge < -0.3 is 10.4 Å². The highest BCUT2D eigenvalue weighted by Gasteiger charge is 2.24. The van der Waals surface area contributed by atoms with Crippen molar-refractivity contribution in [3.8, 4) is 0 Å². The van der Waals surface area contributed by atoms with Crippen LogP contribution in [0.25, 0.3) is 0 Å². The van der Waals surface area contributed by atoms with Gasteiger partial charge in [0.15, 0.2) is 0 Å². The molecule has 0 heterocycles. The van der Waals surface area contributed by atoms with E-state index in [-0.39, 0.29) is 11.3 Å². The van der Waals surface area contributed by atoms with Crippen LogP contribution in [0, 0.1) is 5.41 Å². The zero-order chi connectivity index (χ0) is 12.3. The Labute approximate surface area is 101 Å². The van der Waals surface area contributed by atoms with Gasteiger partial charge in [0, 0.05) is 6.54 Å². The Hall–Kier alpha value is -0.0900. The maximum atomic E-state index is 11.5. The Morgan fingerprint density at radius 3 is 2.13 bits per heavy atom. The molecule has 0 spiro atoms. The molecule has 0 bridgehead atoms. The van der Waals surface area contributed by atoms with Gasteiger partial charge in [0.1, 0.15) is 0 Å². The lowest BCUT2D eigenvalue weighted by Gasteiger charge is -2.23. The van der Waals surface area contributed by atoms with Crippen molar-refractivity contribution in [3.63, 3.8) is 0 Å². The first kappa shape index (κ1) is 14.9. The molecule has 0 rings (SSSR count). The average Bonchev–Trinajstić information content (AvgIpc) is 1.94. The first-order chi connectivity index (χ1) is 6.52. The van der Waals surface area contributed by atoms with Gasteiger partial charge in [-0.05, 0) is 25.7 Å². The fourth-order valence-corrected chi connectivity index (χ4v) is 1.34. The van der Waals surface area contributed by atoms with E-state index in [0.29, 0.717) is 13.0 Å². The van der Waals surface area contributed by atoms with Crippen LogP contribution in [0.4, 0.5) is 0 Å². The lowest BCUT2D eigenvalue weighted by atomic mass is 9.89. The Bertz CT molecular complexity index is 216. The minimum atomic E-state index is -0.575. The lowest BCUT2D eigenvalue weighted by molar-refractivity contribution is -0.123. The highest BCUT2D eigenvalue weighted by Crippen LogP contribution is 2.20. The maximum absolute atomic E-state index is 11.5. The molecule has 0 aliphatic carbocycles. The minimum Gasteiger partial charge on any atom is -0.391 e. The second-order valence-electron chi connectivity index (χ2n) is 5.60. The molecule has 1 amide bonds. The zero-order valence-corrected chi connectivity index (χ0v) is 11.8. The number of hydrogen-bond acceptors (Lipinski definition) is 2. The Morgan fingerprint density at radius 2 is 1.80 bits per heavy atom. The van der Waals surface area contributed by atoms with E-state index < -0.39 is 10.4 Å². The number of alkyl halides is 1. The Kier molecular flexibility index (Phi) is 5.27. The highest BCUT2D eigenvalue weighted by molar-refractivity contribution is 9.10. The monoisotopic (exact) mass is 279 g/mol. The molecule has 1 atom stereocenters. The summed E-state index contributed by atoms with van der Waals surface area (Å²) in [6, 6.07) is 0. The first-order valence-corrected chi connectivity index (χ1v) is 5.97. The first-order valence-electron chi connectivity index (χ1n) is 5.17. The van der Waals surface area contributed by atoms with E-state index in [1.165, 1.54) is 0 Å². The molecule has 0 saturated carbocycles. The zero-order valence-electron chi connectivity index (χ0n) is 10.2. The number of halogens is 1. The summed E-state index contributed by atoms with van der Waals surface area (Å²) in [5.74, 6) is -0.101. The van der Waals surface area contributed by atoms with Crippen LogP contribution < -0.4 is 5.32 Å². The average molecular weight is 280 g/mol.